The molecule has 158 valence electrons. The predicted molar refractivity (Wildman–Crippen MR) is 121 cm³/mol. The Kier molecular flexibility index (Phi) is 5.90. The normalized spacial score (nSPS) is 15.7. The molecule has 0 saturated carbocycles. The number of anilines is 3. The van der Waals surface area contributed by atoms with Gasteiger partial charge in [0.15, 0.2) is 5.76 Å². The standard InChI is InChI=1S/C23H20BrN3O4/c1-14-11-18(8-9-19(14)24)27-13-15(12-21(27)28)22(29)25-16-4-6-17(7-5-16)26-23(30)20-3-2-10-31-20/h2-11,15H,12-13H2,1H3,(H,25,29)(H,26,30). The summed E-state index contributed by atoms with van der Waals surface area (Å²) < 4.78 is 6.03. The van der Waals surface area contributed by atoms with Crippen LogP contribution in [0.5, 0.6) is 0 Å². The minimum atomic E-state index is -0.435. The molecule has 0 radical (unpaired) electrons. The molecule has 1 aliphatic rings. The van der Waals surface area contributed by atoms with Crippen LogP contribution in [-0.4, -0.2) is 24.3 Å². The maximum Gasteiger partial charge on any atom is 0.291 e. The highest BCUT2D eigenvalue weighted by Crippen LogP contribution is 2.29. The van der Waals surface area contributed by atoms with Gasteiger partial charge in [0.2, 0.25) is 11.8 Å². The van der Waals surface area contributed by atoms with Crippen LogP contribution in [0, 0.1) is 12.8 Å². The molecule has 0 bridgehead atoms. The molecule has 1 unspecified atom stereocenters. The number of carbonyl (C=O) groups excluding carboxylic acids is 3. The van der Waals surface area contributed by atoms with Gasteiger partial charge in [0, 0.05) is 34.5 Å². The van der Waals surface area contributed by atoms with Crippen molar-refractivity contribution in [3.8, 4) is 0 Å². The molecule has 8 heteroatoms. The highest BCUT2D eigenvalue weighted by atomic mass is 79.9. The molecule has 2 heterocycles. The third-order valence-corrected chi connectivity index (χ3v) is 5.99. The van der Waals surface area contributed by atoms with Crippen molar-refractivity contribution < 1.29 is 18.8 Å². The molecule has 1 saturated heterocycles. The summed E-state index contributed by atoms with van der Waals surface area (Å²) >= 11 is 3.46. The lowest BCUT2D eigenvalue weighted by Crippen LogP contribution is -2.28. The zero-order valence-electron chi connectivity index (χ0n) is 16.7. The van der Waals surface area contributed by atoms with Gasteiger partial charge in [-0.25, -0.2) is 0 Å². The van der Waals surface area contributed by atoms with Gasteiger partial charge in [-0.05, 0) is 67.1 Å². The van der Waals surface area contributed by atoms with Crippen molar-refractivity contribution in [2.45, 2.75) is 13.3 Å². The molecule has 2 aromatic carbocycles. The summed E-state index contributed by atoms with van der Waals surface area (Å²) in [6, 6.07) is 15.7. The van der Waals surface area contributed by atoms with Gasteiger partial charge in [-0.2, -0.15) is 0 Å². The SMILES string of the molecule is Cc1cc(N2CC(C(=O)Nc3ccc(NC(=O)c4ccco4)cc3)CC2=O)ccc1Br. The van der Waals surface area contributed by atoms with Crippen LogP contribution in [-0.2, 0) is 9.59 Å². The van der Waals surface area contributed by atoms with E-state index in [0.717, 1.165) is 15.7 Å². The van der Waals surface area contributed by atoms with Crippen LogP contribution in [0.25, 0.3) is 0 Å². The summed E-state index contributed by atoms with van der Waals surface area (Å²) in [7, 11) is 0. The largest absolute Gasteiger partial charge is 0.459 e. The van der Waals surface area contributed by atoms with Crippen LogP contribution >= 0.6 is 15.9 Å². The number of nitrogens with zero attached hydrogens (tertiary/aromatic N) is 1. The number of hydrogen-bond acceptors (Lipinski definition) is 4. The van der Waals surface area contributed by atoms with Gasteiger partial charge >= 0.3 is 0 Å². The fourth-order valence-electron chi connectivity index (χ4n) is 3.41. The van der Waals surface area contributed by atoms with Crippen molar-refractivity contribution in [1.82, 2.24) is 0 Å². The average Bonchev–Trinajstić information content (AvgIpc) is 3.42. The lowest BCUT2D eigenvalue weighted by atomic mass is 10.1. The molecule has 31 heavy (non-hydrogen) atoms. The van der Waals surface area contributed by atoms with E-state index >= 15 is 0 Å². The van der Waals surface area contributed by atoms with Crippen molar-refractivity contribution in [1.29, 1.82) is 0 Å². The molecule has 0 aliphatic carbocycles. The third-order valence-electron chi connectivity index (χ3n) is 5.10. The van der Waals surface area contributed by atoms with Crippen molar-refractivity contribution >= 4 is 50.7 Å². The lowest BCUT2D eigenvalue weighted by molar-refractivity contribution is -0.122. The van der Waals surface area contributed by atoms with E-state index in [1.54, 1.807) is 41.3 Å². The summed E-state index contributed by atoms with van der Waals surface area (Å²) in [6.07, 6.45) is 1.60. The van der Waals surface area contributed by atoms with Gasteiger partial charge in [0.1, 0.15) is 0 Å². The topological polar surface area (TPSA) is 91.7 Å². The average molecular weight is 482 g/mol. The third kappa shape index (κ3) is 4.69. The van der Waals surface area contributed by atoms with Crippen LogP contribution in [0.1, 0.15) is 22.5 Å². The monoisotopic (exact) mass is 481 g/mol. The van der Waals surface area contributed by atoms with Crippen molar-refractivity contribution in [2.24, 2.45) is 5.92 Å². The van der Waals surface area contributed by atoms with Gasteiger partial charge in [0.05, 0.1) is 12.2 Å². The fourth-order valence-corrected chi connectivity index (χ4v) is 3.66. The molecule has 4 rings (SSSR count). The first kappa shape index (κ1) is 20.9. The first-order valence-corrected chi connectivity index (χ1v) is 10.5. The number of amides is 3. The van der Waals surface area contributed by atoms with Gasteiger partial charge in [-0.3, -0.25) is 14.4 Å². The zero-order valence-corrected chi connectivity index (χ0v) is 18.3. The number of aryl methyl sites for hydroxylation is 1. The first-order chi connectivity index (χ1) is 14.9. The van der Waals surface area contributed by atoms with E-state index in [4.69, 9.17) is 4.42 Å². The van der Waals surface area contributed by atoms with E-state index in [1.807, 2.05) is 25.1 Å². The number of benzene rings is 2. The molecule has 0 spiro atoms. The minimum Gasteiger partial charge on any atom is -0.459 e. The second-order valence-electron chi connectivity index (χ2n) is 7.34. The number of nitrogens with one attached hydrogen (secondary N) is 2. The van der Waals surface area contributed by atoms with Gasteiger partial charge < -0.3 is 20.0 Å². The highest BCUT2D eigenvalue weighted by Gasteiger charge is 2.35. The summed E-state index contributed by atoms with van der Waals surface area (Å²) in [5.74, 6) is -0.854. The van der Waals surface area contributed by atoms with Crippen molar-refractivity contribution in [2.75, 3.05) is 22.1 Å². The van der Waals surface area contributed by atoms with E-state index < -0.39 is 5.92 Å². The fraction of sp³-hybridized carbons (Fsp3) is 0.174. The lowest BCUT2D eigenvalue weighted by Gasteiger charge is -2.18. The smallest absolute Gasteiger partial charge is 0.291 e. The molecular formula is C23H20BrN3O4. The van der Waals surface area contributed by atoms with Crippen LogP contribution in [0.15, 0.2) is 69.8 Å². The second-order valence-corrected chi connectivity index (χ2v) is 8.19. The molecule has 2 N–H and O–H groups in total. The van der Waals surface area contributed by atoms with Gasteiger partial charge in [-0.1, -0.05) is 15.9 Å². The Balaban J connectivity index is 1.36. The molecule has 1 aliphatic heterocycles. The molecule has 1 fully saturated rings. The Morgan fingerprint density at radius 3 is 2.42 bits per heavy atom. The predicted octanol–water partition coefficient (Wildman–Crippen LogP) is 4.59. The van der Waals surface area contributed by atoms with Crippen LogP contribution in [0.3, 0.4) is 0 Å². The Bertz CT molecular complexity index is 1130. The number of hydrogen-bond donors (Lipinski definition) is 2. The summed E-state index contributed by atoms with van der Waals surface area (Å²) in [6.45, 7) is 2.29. The second kappa shape index (κ2) is 8.77. The Morgan fingerprint density at radius 2 is 1.77 bits per heavy atom. The van der Waals surface area contributed by atoms with E-state index in [1.165, 1.54) is 6.26 Å². The maximum absolute atomic E-state index is 12.7. The number of carbonyl (C=O) groups is 3. The number of furan rings is 1. The quantitative estimate of drug-likeness (QED) is 0.557. The van der Waals surface area contributed by atoms with Gasteiger partial charge in [0.25, 0.3) is 5.91 Å². The highest BCUT2D eigenvalue weighted by molar-refractivity contribution is 9.10. The molecule has 1 atom stereocenters. The zero-order chi connectivity index (χ0) is 22.0. The van der Waals surface area contributed by atoms with Crippen molar-refractivity contribution in [3.63, 3.8) is 0 Å². The Labute approximate surface area is 187 Å². The van der Waals surface area contributed by atoms with Crippen LogP contribution in [0.2, 0.25) is 0 Å². The van der Waals surface area contributed by atoms with E-state index in [9.17, 15) is 14.4 Å². The minimum absolute atomic E-state index is 0.0714. The molecule has 7 nitrogen and oxygen atoms in total. The molecular weight excluding hydrogens is 462 g/mol. The van der Waals surface area contributed by atoms with Gasteiger partial charge in [-0.15, -0.1) is 0 Å². The summed E-state index contributed by atoms with van der Waals surface area (Å²) in [5.41, 5.74) is 2.98. The molecule has 3 amide bonds. The number of halogens is 1. The number of rotatable bonds is 5. The van der Waals surface area contributed by atoms with E-state index in [-0.39, 0.29) is 29.9 Å². The maximum atomic E-state index is 12.7. The summed E-state index contributed by atoms with van der Waals surface area (Å²) in [4.78, 5) is 38.8. The van der Waals surface area contributed by atoms with E-state index in [0.29, 0.717) is 17.9 Å². The van der Waals surface area contributed by atoms with Crippen LogP contribution in [0.4, 0.5) is 17.1 Å². The first-order valence-electron chi connectivity index (χ1n) is 9.73. The molecule has 1 aromatic heterocycles. The summed E-state index contributed by atoms with van der Waals surface area (Å²) in [5, 5.41) is 5.57. The Hall–Kier alpha value is -3.39. The van der Waals surface area contributed by atoms with E-state index in [2.05, 4.69) is 26.6 Å². The Morgan fingerprint density at radius 1 is 1.06 bits per heavy atom. The van der Waals surface area contributed by atoms with Crippen LogP contribution < -0.4 is 15.5 Å². The van der Waals surface area contributed by atoms with Crippen molar-refractivity contribution in [3.05, 3.63) is 76.7 Å². The molecule has 3 aromatic rings.